The summed E-state index contributed by atoms with van der Waals surface area (Å²) in [6, 6.07) is 10.8. The fourth-order valence-corrected chi connectivity index (χ4v) is 4.08. The number of nitrogens with zero attached hydrogens (tertiary/aromatic N) is 4. The third-order valence-corrected chi connectivity index (χ3v) is 5.59. The van der Waals surface area contributed by atoms with E-state index in [9.17, 15) is 9.90 Å². The third kappa shape index (κ3) is 4.15. The van der Waals surface area contributed by atoms with E-state index in [1.54, 1.807) is 30.5 Å². The number of aromatic hydroxyl groups is 1. The van der Waals surface area contributed by atoms with Crippen LogP contribution in [0.15, 0.2) is 58.7 Å². The van der Waals surface area contributed by atoms with Crippen LogP contribution in [0.4, 0.5) is 0 Å². The van der Waals surface area contributed by atoms with E-state index >= 15 is 0 Å². The minimum Gasteiger partial charge on any atom is -0.494 e. The summed E-state index contributed by atoms with van der Waals surface area (Å²) in [6.07, 6.45) is 8.00. The van der Waals surface area contributed by atoms with Gasteiger partial charge in [0, 0.05) is 24.0 Å². The molecule has 1 aliphatic heterocycles. The molecule has 2 aromatic heterocycles. The lowest BCUT2D eigenvalue weighted by Gasteiger charge is -2.33. The Hall–Kier alpha value is -2.97. The molecular formula is C21H20ClN5O2S. The third-order valence-electron chi connectivity index (χ3n) is 5.07. The van der Waals surface area contributed by atoms with Gasteiger partial charge in [0.2, 0.25) is 5.88 Å². The largest absolute Gasteiger partial charge is 0.494 e. The minimum atomic E-state index is -0.505. The van der Waals surface area contributed by atoms with Crippen LogP contribution < -0.4 is 5.56 Å². The van der Waals surface area contributed by atoms with Gasteiger partial charge in [0.1, 0.15) is 5.56 Å². The van der Waals surface area contributed by atoms with Crippen LogP contribution >= 0.6 is 23.8 Å². The van der Waals surface area contributed by atoms with Crippen LogP contribution in [0, 0.1) is 4.77 Å². The summed E-state index contributed by atoms with van der Waals surface area (Å²) in [5, 5.41) is 17.8. The number of benzene rings is 1. The molecule has 3 heterocycles. The molecule has 9 heteroatoms. The van der Waals surface area contributed by atoms with E-state index in [2.05, 4.69) is 15.1 Å². The molecule has 3 aromatic rings. The highest BCUT2D eigenvalue weighted by Gasteiger charge is 2.23. The molecule has 0 unspecified atom stereocenters. The Kier molecular flexibility index (Phi) is 5.96. The number of pyridine rings is 1. The Morgan fingerprint density at radius 2 is 2.17 bits per heavy atom. The summed E-state index contributed by atoms with van der Waals surface area (Å²) >= 11 is 11.3. The second-order valence-electron chi connectivity index (χ2n) is 7.02. The first-order valence-corrected chi connectivity index (χ1v) is 10.4. The molecule has 1 saturated heterocycles. The topological polar surface area (TPSA) is 86.5 Å². The maximum absolute atomic E-state index is 12.5. The fraction of sp³-hybridized carbons (Fsp3) is 0.238. The molecular weight excluding hydrogens is 422 g/mol. The van der Waals surface area contributed by atoms with E-state index in [0.29, 0.717) is 10.7 Å². The Balaban J connectivity index is 1.72. The Morgan fingerprint density at radius 3 is 2.93 bits per heavy atom. The van der Waals surface area contributed by atoms with Crippen molar-refractivity contribution in [1.82, 2.24) is 19.5 Å². The van der Waals surface area contributed by atoms with Crippen LogP contribution in [0.1, 0.15) is 36.4 Å². The molecule has 0 radical (unpaired) electrons. The lowest BCUT2D eigenvalue weighted by molar-refractivity contribution is 0.156. The fourth-order valence-electron chi connectivity index (χ4n) is 3.61. The van der Waals surface area contributed by atoms with Crippen molar-refractivity contribution in [2.24, 2.45) is 5.10 Å². The standard InChI is InChI=1S/C21H20ClN5O2S/c22-15-6-3-7-16(11-15)27-20(29)17(19(28)25-21(27)30)13-24-26-10-2-1-8-18(26)14-5-4-9-23-12-14/h3-7,9,11-13,18,29H,1-2,8,10H2,(H,25,28,30)/b24-13+/t18-/m0/s1. The van der Waals surface area contributed by atoms with Crippen molar-refractivity contribution in [2.75, 3.05) is 6.54 Å². The predicted molar refractivity (Wildman–Crippen MR) is 119 cm³/mol. The zero-order valence-corrected chi connectivity index (χ0v) is 17.6. The molecule has 0 aliphatic carbocycles. The quantitative estimate of drug-likeness (QED) is 0.468. The number of rotatable bonds is 4. The van der Waals surface area contributed by atoms with E-state index in [1.807, 2.05) is 23.3 Å². The second kappa shape index (κ2) is 8.81. The van der Waals surface area contributed by atoms with Gasteiger partial charge in [-0.05, 0) is 61.3 Å². The number of halogens is 1. The van der Waals surface area contributed by atoms with Gasteiger partial charge in [0.05, 0.1) is 17.9 Å². The summed E-state index contributed by atoms with van der Waals surface area (Å²) in [7, 11) is 0. The average Bonchev–Trinajstić information content (AvgIpc) is 2.74. The Bertz CT molecular complexity index is 1190. The van der Waals surface area contributed by atoms with Crippen molar-refractivity contribution in [3.05, 3.63) is 80.1 Å². The highest BCUT2D eigenvalue weighted by Crippen LogP contribution is 2.30. The first kappa shape index (κ1) is 20.3. The van der Waals surface area contributed by atoms with E-state index in [1.165, 1.54) is 10.8 Å². The molecule has 0 amide bonds. The van der Waals surface area contributed by atoms with Crippen LogP contribution in [0.3, 0.4) is 0 Å². The van der Waals surface area contributed by atoms with Gasteiger partial charge in [0.25, 0.3) is 5.56 Å². The molecule has 2 N–H and O–H groups in total. The molecule has 1 atom stereocenters. The normalized spacial score (nSPS) is 16.8. The lowest BCUT2D eigenvalue weighted by Crippen LogP contribution is -2.29. The van der Waals surface area contributed by atoms with Crippen molar-refractivity contribution < 1.29 is 5.11 Å². The molecule has 1 aromatic carbocycles. The molecule has 0 spiro atoms. The molecule has 0 saturated carbocycles. The SMILES string of the molecule is O=c1[nH]c(=S)n(-c2cccc(Cl)c2)c(O)c1/C=N/N1CCCC[C@H]1c1cccnc1. The van der Waals surface area contributed by atoms with Gasteiger partial charge in [-0.3, -0.25) is 24.3 Å². The molecule has 1 fully saturated rings. The van der Waals surface area contributed by atoms with Crippen molar-refractivity contribution in [3.63, 3.8) is 0 Å². The summed E-state index contributed by atoms with van der Waals surface area (Å²) in [5.74, 6) is -0.287. The first-order valence-electron chi connectivity index (χ1n) is 9.59. The number of hydrogen-bond donors (Lipinski definition) is 2. The van der Waals surface area contributed by atoms with Gasteiger partial charge in [-0.25, -0.2) is 0 Å². The molecule has 30 heavy (non-hydrogen) atoms. The number of nitrogens with one attached hydrogen (secondary N) is 1. The lowest BCUT2D eigenvalue weighted by atomic mass is 9.98. The number of aromatic nitrogens is 3. The first-order chi connectivity index (χ1) is 14.5. The summed E-state index contributed by atoms with van der Waals surface area (Å²) in [6.45, 7) is 0.752. The van der Waals surface area contributed by atoms with Gasteiger partial charge in [-0.1, -0.05) is 23.7 Å². The van der Waals surface area contributed by atoms with Crippen LogP contribution in [-0.4, -0.2) is 37.4 Å². The highest BCUT2D eigenvalue weighted by molar-refractivity contribution is 7.71. The monoisotopic (exact) mass is 441 g/mol. The maximum Gasteiger partial charge on any atom is 0.264 e. The summed E-state index contributed by atoms with van der Waals surface area (Å²) in [5.41, 5.74) is 1.14. The van der Waals surface area contributed by atoms with E-state index in [0.717, 1.165) is 31.4 Å². The van der Waals surface area contributed by atoms with E-state index in [4.69, 9.17) is 23.8 Å². The minimum absolute atomic E-state index is 0.0269. The number of piperidine rings is 1. The van der Waals surface area contributed by atoms with Gasteiger partial charge in [-0.15, -0.1) is 0 Å². The molecule has 0 bridgehead atoms. The van der Waals surface area contributed by atoms with Crippen LogP contribution in [0.5, 0.6) is 5.88 Å². The van der Waals surface area contributed by atoms with Crippen LogP contribution in [-0.2, 0) is 0 Å². The Labute approximate surface area is 183 Å². The van der Waals surface area contributed by atoms with Gasteiger partial charge in [0.15, 0.2) is 4.77 Å². The summed E-state index contributed by atoms with van der Waals surface area (Å²) < 4.78 is 1.43. The smallest absolute Gasteiger partial charge is 0.264 e. The zero-order valence-electron chi connectivity index (χ0n) is 16.0. The average molecular weight is 442 g/mol. The van der Waals surface area contributed by atoms with Crippen molar-refractivity contribution in [1.29, 1.82) is 0 Å². The second-order valence-corrected chi connectivity index (χ2v) is 7.84. The highest BCUT2D eigenvalue weighted by atomic mass is 35.5. The number of aromatic amines is 1. The van der Waals surface area contributed by atoms with Crippen LogP contribution in [0.25, 0.3) is 5.69 Å². The molecule has 4 rings (SSSR count). The predicted octanol–water partition coefficient (Wildman–Crippen LogP) is 4.21. The van der Waals surface area contributed by atoms with Crippen molar-refractivity contribution >= 4 is 30.0 Å². The number of hydrazone groups is 1. The zero-order chi connectivity index (χ0) is 21.1. The van der Waals surface area contributed by atoms with E-state index < -0.39 is 5.56 Å². The van der Waals surface area contributed by atoms with Gasteiger partial charge >= 0.3 is 0 Å². The molecule has 1 aliphatic rings. The van der Waals surface area contributed by atoms with Gasteiger partial charge in [-0.2, -0.15) is 5.10 Å². The van der Waals surface area contributed by atoms with Crippen molar-refractivity contribution in [2.45, 2.75) is 25.3 Å². The van der Waals surface area contributed by atoms with E-state index in [-0.39, 0.29) is 22.3 Å². The van der Waals surface area contributed by atoms with Crippen LogP contribution in [0.2, 0.25) is 5.02 Å². The molecule has 7 nitrogen and oxygen atoms in total. The molecule has 154 valence electrons. The maximum atomic E-state index is 12.5. The van der Waals surface area contributed by atoms with Gasteiger partial charge < -0.3 is 5.11 Å². The Morgan fingerprint density at radius 1 is 1.30 bits per heavy atom. The van der Waals surface area contributed by atoms with Crippen molar-refractivity contribution in [3.8, 4) is 11.6 Å². The number of H-pyrrole nitrogens is 1. The summed E-state index contributed by atoms with van der Waals surface area (Å²) in [4.78, 5) is 19.3. The number of hydrogen-bond acceptors (Lipinski definition) is 6.